The van der Waals surface area contributed by atoms with Crippen LogP contribution in [0.4, 0.5) is 0 Å². The first-order valence-electron chi connectivity index (χ1n) is 5.58. The van der Waals surface area contributed by atoms with Crippen molar-refractivity contribution in [3.05, 3.63) is 29.3 Å². The fraction of sp³-hybridized carbons (Fsp3) is 0.462. The Labute approximate surface area is 96.8 Å². The molecule has 1 rings (SSSR count). The maximum Gasteiger partial charge on any atom is 0.125 e. The minimum atomic E-state index is 0.540. The average molecular weight is 218 g/mol. The number of nitrogens with zero attached hydrogens (tertiary/aromatic N) is 1. The summed E-state index contributed by atoms with van der Waals surface area (Å²) in [5.41, 5.74) is 7.84. The molecule has 16 heavy (non-hydrogen) atoms. The van der Waals surface area contributed by atoms with Crippen LogP contribution in [-0.2, 0) is 6.42 Å². The van der Waals surface area contributed by atoms with E-state index in [1.807, 2.05) is 25.1 Å². The van der Waals surface area contributed by atoms with Crippen LogP contribution in [0, 0.1) is 18.3 Å². The van der Waals surface area contributed by atoms with Crippen molar-refractivity contribution in [1.29, 1.82) is 5.26 Å². The topological polar surface area (TPSA) is 59.0 Å². The predicted molar refractivity (Wildman–Crippen MR) is 64.3 cm³/mol. The number of para-hydroxylation sites is 1. The van der Waals surface area contributed by atoms with Gasteiger partial charge in [0.15, 0.2) is 0 Å². The number of nitrogens with two attached hydrogens (primary N) is 1. The van der Waals surface area contributed by atoms with Crippen molar-refractivity contribution >= 4 is 0 Å². The lowest BCUT2D eigenvalue weighted by Gasteiger charge is -2.13. The highest BCUT2D eigenvalue weighted by atomic mass is 16.5. The molecule has 0 aliphatic heterocycles. The Hall–Kier alpha value is -1.53. The molecule has 1 aromatic carbocycles. The molecular formula is C13H18N2O. The van der Waals surface area contributed by atoms with Gasteiger partial charge in [0.1, 0.15) is 5.75 Å². The van der Waals surface area contributed by atoms with Crippen LogP contribution in [0.15, 0.2) is 18.2 Å². The van der Waals surface area contributed by atoms with E-state index in [2.05, 4.69) is 6.07 Å². The summed E-state index contributed by atoms with van der Waals surface area (Å²) in [6, 6.07) is 8.19. The quantitative estimate of drug-likeness (QED) is 0.744. The zero-order valence-corrected chi connectivity index (χ0v) is 9.70. The molecule has 0 radical (unpaired) electrons. The monoisotopic (exact) mass is 218 g/mol. The van der Waals surface area contributed by atoms with E-state index in [0.29, 0.717) is 19.6 Å². The molecule has 0 amide bonds. The van der Waals surface area contributed by atoms with E-state index >= 15 is 0 Å². The normalized spacial score (nSPS) is 9.81. The van der Waals surface area contributed by atoms with E-state index in [0.717, 1.165) is 29.7 Å². The highest BCUT2D eigenvalue weighted by Crippen LogP contribution is 2.23. The molecule has 0 bridgehead atoms. The number of hydrogen-bond donors (Lipinski definition) is 1. The van der Waals surface area contributed by atoms with E-state index in [-0.39, 0.29) is 0 Å². The zero-order chi connectivity index (χ0) is 11.8. The first kappa shape index (κ1) is 12.5. The molecule has 0 saturated carbocycles. The Balaban J connectivity index is 2.65. The Morgan fingerprint density at radius 2 is 2.25 bits per heavy atom. The van der Waals surface area contributed by atoms with Gasteiger partial charge in [-0.05, 0) is 37.4 Å². The van der Waals surface area contributed by atoms with Crippen LogP contribution >= 0.6 is 0 Å². The van der Waals surface area contributed by atoms with Crippen molar-refractivity contribution in [1.82, 2.24) is 0 Å². The largest absolute Gasteiger partial charge is 0.493 e. The van der Waals surface area contributed by atoms with Gasteiger partial charge in [-0.25, -0.2) is 0 Å². The van der Waals surface area contributed by atoms with Crippen LogP contribution < -0.4 is 10.5 Å². The van der Waals surface area contributed by atoms with Gasteiger partial charge in [-0.15, -0.1) is 0 Å². The number of hydrogen-bond acceptors (Lipinski definition) is 3. The van der Waals surface area contributed by atoms with Crippen LogP contribution in [-0.4, -0.2) is 13.2 Å². The molecule has 0 aliphatic carbocycles. The second-order valence-electron chi connectivity index (χ2n) is 3.71. The number of aryl methyl sites for hydroxylation is 1. The molecule has 86 valence electrons. The van der Waals surface area contributed by atoms with Gasteiger partial charge < -0.3 is 10.5 Å². The summed E-state index contributed by atoms with van der Waals surface area (Å²) < 4.78 is 5.72. The number of unbranched alkanes of at least 4 members (excludes halogenated alkanes) is 1. The van der Waals surface area contributed by atoms with Gasteiger partial charge in [-0.2, -0.15) is 5.26 Å². The Kier molecular flexibility index (Phi) is 5.38. The lowest BCUT2D eigenvalue weighted by Crippen LogP contribution is -2.07. The first-order chi connectivity index (χ1) is 7.79. The predicted octanol–water partition coefficient (Wildman–Crippen LogP) is 2.18. The molecular weight excluding hydrogens is 200 g/mol. The van der Waals surface area contributed by atoms with E-state index in [4.69, 9.17) is 15.7 Å². The van der Waals surface area contributed by atoms with Crippen molar-refractivity contribution in [3.8, 4) is 11.8 Å². The fourth-order valence-corrected chi connectivity index (χ4v) is 1.60. The van der Waals surface area contributed by atoms with Crippen LogP contribution in [0.3, 0.4) is 0 Å². The maximum absolute atomic E-state index is 8.43. The number of rotatable bonds is 6. The maximum atomic E-state index is 8.43. The van der Waals surface area contributed by atoms with E-state index in [1.165, 1.54) is 0 Å². The molecule has 3 heteroatoms. The molecule has 0 fully saturated rings. The fourth-order valence-electron chi connectivity index (χ4n) is 1.60. The summed E-state index contributed by atoms with van der Waals surface area (Å²) >= 11 is 0. The molecule has 3 nitrogen and oxygen atoms in total. The molecule has 0 aromatic heterocycles. The third-order valence-corrected chi connectivity index (χ3v) is 2.39. The van der Waals surface area contributed by atoms with E-state index in [9.17, 15) is 0 Å². The van der Waals surface area contributed by atoms with E-state index in [1.54, 1.807) is 0 Å². The Morgan fingerprint density at radius 3 is 2.94 bits per heavy atom. The number of benzene rings is 1. The van der Waals surface area contributed by atoms with Crippen LogP contribution in [0.2, 0.25) is 0 Å². The smallest absolute Gasteiger partial charge is 0.125 e. The summed E-state index contributed by atoms with van der Waals surface area (Å²) in [7, 11) is 0. The van der Waals surface area contributed by atoms with Crippen LogP contribution in [0.1, 0.15) is 24.0 Å². The minimum Gasteiger partial charge on any atom is -0.493 e. The zero-order valence-electron chi connectivity index (χ0n) is 9.70. The summed E-state index contributed by atoms with van der Waals surface area (Å²) in [6.07, 6.45) is 2.14. The summed E-state index contributed by atoms with van der Waals surface area (Å²) in [5, 5.41) is 8.43. The number of nitriles is 1. The SMILES string of the molecule is Cc1cccc(CCN)c1OCCCC#N. The molecule has 2 N–H and O–H groups in total. The third-order valence-electron chi connectivity index (χ3n) is 2.39. The molecule has 0 aliphatic rings. The highest BCUT2D eigenvalue weighted by molar-refractivity contribution is 5.40. The van der Waals surface area contributed by atoms with Crippen molar-refractivity contribution in [3.63, 3.8) is 0 Å². The summed E-state index contributed by atoms with van der Waals surface area (Å²) in [6.45, 7) is 3.24. The third kappa shape index (κ3) is 3.56. The second-order valence-corrected chi connectivity index (χ2v) is 3.71. The van der Waals surface area contributed by atoms with Gasteiger partial charge in [0.05, 0.1) is 12.7 Å². The van der Waals surface area contributed by atoms with Crippen LogP contribution in [0.5, 0.6) is 5.75 Å². The second kappa shape index (κ2) is 6.86. The standard InChI is InChI=1S/C13H18N2O/c1-11-5-4-6-12(7-9-15)13(11)16-10-3-2-8-14/h4-6H,2-3,7,9-10,15H2,1H3. The van der Waals surface area contributed by atoms with Gasteiger partial charge in [-0.3, -0.25) is 0 Å². The molecule has 0 spiro atoms. The molecule has 0 unspecified atom stereocenters. The highest BCUT2D eigenvalue weighted by Gasteiger charge is 2.05. The van der Waals surface area contributed by atoms with Crippen molar-refractivity contribution < 1.29 is 4.74 Å². The van der Waals surface area contributed by atoms with Crippen LogP contribution in [0.25, 0.3) is 0 Å². The van der Waals surface area contributed by atoms with Gasteiger partial charge >= 0.3 is 0 Å². The lowest BCUT2D eigenvalue weighted by molar-refractivity contribution is 0.307. The van der Waals surface area contributed by atoms with Gasteiger partial charge in [0.2, 0.25) is 0 Å². The lowest BCUT2D eigenvalue weighted by atomic mass is 10.1. The molecule has 1 aromatic rings. The van der Waals surface area contributed by atoms with Crippen molar-refractivity contribution in [2.45, 2.75) is 26.2 Å². The minimum absolute atomic E-state index is 0.540. The van der Waals surface area contributed by atoms with E-state index < -0.39 is 0 Å². The molecule has 0 heterocycles. The Bertz CT molecular complexity index is 369. The van der Waals surface area contributed by atoms with Gasteiger partial charge in [-0.1, -0.05) is 18.2 Å². The summed E-state index contributed by atoms with van der Waals surface area (Å²) in [4.78, 5) is 0. The Morgan fingerprint density at radius 1 is 1.44 bits per heavy atom. The average Bonchev–Trinajstić information content (AvgIpc) is 2.28. The summed E-state index contributed by atoms with van der Waals surface area (Å²) in [5.74, 6) is 0.936. The van der Waals surface area contributed by atoms with Gasteiger partial charge in [0.25, 0.3) is 0 Å². The first-order valence-corrected chi connectivity index (χ1v) is 5.58. The molecule has 0 atom stereocenters. The molecule has 0 saturated heterocycles. The number of ether oxygens (including phenoxy) is 1. The van der Waals surface area contributed by atoms with Gasteiger partial charge in [0, 0.05) is 6.42 Å². The van der Waals surface area contributed by atoms with Crippen molar-refractivity contribution in [2.75, 3.05) is 13.2 Å². The van der Waals surface area contributed by atoms with Crippen molar-refractivity contribution in [2.24, 2.45) is 5.73 Å².